The summed E-state index contributed by atoms with van der Waals surface area (Å²) in [6.45, 7) is 0. The van der Waals surface area contributed by atoms with Gasteiger partial charge in [-0.25, -0.2) is 0 Å². The summed E-state index contributed by atoms with van der Waals surface area (Å²) in [7, 11) is 0. The van der Waals surface area contributed by atoms with Gasteiger partial charge in [-0.3, -0.25) is 4.79 Å². The monoisotopic (exact) mass is 300 g/mol. The van der Waals surface area contributed by atoms with Crippen LogP contribution in [-0.4, -0.2) is 10.8 Å². The summed E-state index contributed by atoms with van der Waals surface area (Å²) in [5, 5.41) is 6.00. The summed E-state index contributed by atoms with van der Waals surface area (Å²) < 4.78 is 0. The number of benzene rings is 1. The molecule has 20 heavy (non-hydrogen) atoms. The number of amides is 1. The molecule has 1 amide bonds. The van der Waals surface area contributed by atoms with E-state index in [0.717, 1.165) is 27.6 Å². The second-order valence-electron chi connectivity index (χ2n) is 4.38. The molecule has 1 aliphatic heterocycles. The number of hydrogen-bond acceptors (Lipinski definition) is 4. The maximum Gasteiger partial charge on any atom is 0.263 e. The van der Waals surface area contributed by atoms with Crippen LogP contribution < -0.4 is 10.6 Å². The first-order valence-corrected chi connectivity index (χ1v) is 7.41. The highest BCUT2D eigenvalue weighted by Gasteiger charge is 2.18. The van der Waals surface area contributed by atoms with E-state index in [-0.39, 0.29) is 5.91 Å². The third-order valence-corrected chi connectivity index (χ3v) is 4.26. The number of rotatable bonds is 2. The van der Waals surface area contributed by atoms with Gasteiger partial charge in [0.2, 0.25) is 0 Å². The molecule has 0 aromatic heterocycles. The molecule has 2 aliphatic rings. The molecule has 3 rings (SSSR count). The van der Waals surface area contributed by atoms with Gasteiger partial charge in [-0.2, -0.15) is 0 Å². The lowest BCUT2D eigenvalue weighted by Crippen LogP contribution is -2.25. The molecule has 0 fully saturated rings. The van der Waals surface area contributed by atoms with Gasteiger partial charge < -0.3 is 10.6 Å². The van der Waals surface area contributed by atoms with Crippen LogP contribution in [-0.2, 0) is 4.79 Å². The molecular formula is C15H12N2OS2. The lowest BCUT2D eigenvalue weighted by Gasteiger charge is -2.17. The Kier molecular flexibility index (Phi) is 3.71. The fourth-order valence-corrected chi connectivity index (χ4v) is 3.04. The maximum atomic E-state index is 12.2. The van der Waals surface area contributed by atoms with E-state index in [4.69, 9.17) is 12.2 Å². The SMILES string of the molecule is O=C(NC1=CC(=S)CC=C1)C1=CNc2ccccc2S1. The van der Waals surface area contributed by atoms with E-state index in [1.807, 2.05) is 42.5 Å². The van der Waals surface area contributed by atoms with Crippen molar-refractivity contribution in [2.45, 2.75) is 11.3 Å². The molecule has 1 aromatic rings. The number of nitrogens with one attached hydrogen (secondary N) is 2. The number of para-hydroxylation sites is 1. The summed E-state index contributed by atoms with van der Waals surface area (Å²) in [5.74, 6) is -0.127. The molecule has 1 heterocycles. The first kappa shape index (κ1) is 13.1. The fourth-order valence-electron chi connectivity index (χ4n) is 1.93. The average molecular weight is 300 g/mol. The summed E-state index contributed by atoms with van der Waals surface area (Å²) in [6, 6.07) is 7.89. The van der Waals surface area contributed by atoms with Crippen LogP contribution in [0.1, 0.15) is 6.42 Å². The molecule has 0 saturated carbocycles. The van der Waals surface area contributed by atoms with E-state index in [9.17, 15) is 4.79 Å². The highest BCUT2D eigenvalue weighted by Crippen LogP contribution is 2.36. The summed E-state index contributed by atoms with van der Waals surface area (Å²) in [5.41, 5.74) is 1.76. The number of hydrogen-bond donors (Lipinski definition) is 2. The van der Waals surface area contributed by atoms with E-state index in [1.54, 1.807) is 6.20 Å². The van der Waals surface area contributed by atoms with Gasteiger partial charge in [0, 0.05) is 28.1 Å². The molecule has 0 radical (unpaired) electrons. The van der Waals surface area contributed by atoms with Crippen molar-refractivity contribution < 1.29 is 4.79 Å². The lowest BCUT2D eigenvalue weighted by atomic mass is 10.1. The van der Waals surface area contributed by atoms with Crippen molar-refractivity contribution >= 4 is 40.4 Å². The third kappa shape index (κ3) is 2.84. The minimum Gasteiger partial charge on any atom is -0.359 e. The van der Waals surface area contributed by atoms with Gasteiger partial charge >= 0.3 is 0 Å². The second-order valence-corrected chi connectivity index (χ2v) is 5.99. The van der Waals surface area contributed by atoms with Crippen LogP contribution in [0.4, 0.5) is 5.69 Å². The Morgan fingerprint density at radius 3 is 3.05 bits per heavy atom. The fraction of sp³-hybridized carbons (Fsp3) is 0.0667. The number of allylic oxidation sites excluding steroid dienone is 3. The van der Waals surface area contributed by atoms with Crippen molar-refractivity contribution in [3.05, 3.63) is 59.3 Å². The molecule has 0 atom stereocenters. The minimum atomic E-state index is -0.127. The van der Waals surface area contributed by atoms with Gasteiger partial charge in [0.1, 0.15) is 0 Å². The molecule has 0 bridgehead atoms. The summed E-state index contributed by atoms with van der Waals surface area (Å²) >= 11 is 6.59. The Bertz CT molecular complexity index is 674. The number of anilines is 1. The minimum absolute atomic E-state index is 0.127. The number of carbonyl (C=O) groups is 1. The van der Waals surface area contributed by atoms with Crippen molar-refractivity contribution in [3.8, 4) is 0 Å². The van der Waals surface area contributed by atoms with Gasteiger partial charge in [0.15, 0.2) is 0 Å². The van der Waals surface area contributed by atoms with E-state index < -0.39 is 0 Å². The van der Waals surface area contributed by atoms with Crippen LogP contribution >= 0.6 is 24.0 Å². The van der Waals surface area contributed by atoms with Gasteiger partial charge in [-0.05, 0) is 24.3 Å². The molecule has 100 valence electrons. The van der Waals surface area contributed by atoms with Crippen molar-refractivity contribution in [1.82, 2.24) is 5.32 Å². The van der Waals surface area contributed by atoms with Gasteiger partial charge in [-0.1, -0.05) is 42.2 Å². The molecule has 1 aliphatic carbocycles. The summed E-state index contributed by atoms with van der Waals surface area (Å²) in [4.78, 5) is 14.7. The predicted molar refractivity (Wildman–Crippen MR) is 86.6 cm³/mol. The van der Waals surface area contributed by atoms with Crippen molar-refractivity contribution in [3.63, 3.8) is 0 Å². The van der Waals surface area contributed by atoms with Crippen LogP contribution in [0.5, 0.6) is 0 Å². The summed E-state index contributed by atoms with van der Waals surface area (Å²) in [6.07, 6.45) is 8.15. The third-order valence-electron chi connectivity index (χ3n) is 2.88. The smallest absolute Gasteiger partial charge is 0.263 e. The first-order chi connectivity index (χ1) is 9.72. The van der Waals surface area contributed by atoms with Gasteiger partial charge in [0.05, 0.1) is 10.6 Å². The predicted octanol–water partition coefficient (Wildman–Crippen LogP) is 3.38. The normalized spacial score (nSPS) is 16.7. The molecule has 0 saturated heterocycles. The molecule has 3 nitrogen and oxygen atoms in total. The first-order valence-electron chi connectivity index (χ1n) is 6.18. The van der Waals surface area contributed by atoms with Crippen LogP contribution in [0, 0.1) is 0 Å². The Hall–Kier alpha value is -1.85. The zero-order valence-electron chi connectivity index (χ0n) is 10.6. The Morgan fingerprint density at radius 2 is 2.20 bits per heavy atom. The Morgan fingerprint density at radius 1 is 1.35 bits per heavy atom. The molecule has 2 N–H and O–H groups in total. The molecule has 0 unspecified atom stereocenters. The van der Waals surface area contributed by atoms with Crippen LogP contribution in [0.25, 0.3) is 0 Å². The van der Waals surface area contributed by atoms with Crippen molar-refractivity contribution in [1.29, 1.82) is 0 Å². The number of thioether (sulfide) groups is 1. The average Bonchev–Trinajstić information content (AvgIpc) is 2.47. The van der Waals surface area contributed by atoms with E-state index >= 15 is 0 Å². The topological polar surface area (TPSA) is 41.1 Å². The quantitative estimate of drug-likeness (QED) is 0.822. The number of fused-ring (bicyclic) bond motifs is 1. The standard InChI is InChI=1S/C15H12N2OS2/c18-15(17-10-4-3-5-11(19)8-10)14-9-16-12-6-1-2-7-13(12)20-14/h1-4,6-9,16H,5H2,(H,17,18). The maximum absolute atomic E-state index is 12.2. The lowest BCUT2D eigenvalue weighted by molar-refractivity contribution is -0.116. The van der Waals surface area contributed by atoms with Crippen LogP contribution in [0.2, 0.25) is 0 Å². The largest absolute Gasteiger partial charge is 0.359 e. The van der Waals surface area contributed by atoms with Crippen molar-refractivity contribution in [2.75, 3.05) is 5.32 Å². The van der Waals surface area contributed by atoms with Gasteiger partial charge in [-0.15, -0.1) is 0 Å². The van der Waals surface area contributed by atoms with Crippen molar-refractivity contribution in [2.24, 2.45) is 0 Å². The second kappa shape index (κ2) is 5.64. The van der Waals surface area contributed by atoms with Crippen LogP contribution in [0.15, 0.2) is 64.2 Å². The number of thiocarbonyl (C=S) groups is 1. The van der Waals surface area contributed by atoms with Gasteiger partial charge in [0.25, 0.3) is 5.91 Å². The molecule has 5 heteroatoms. The van der Waals surface area contributed by atoms with Crippen LogP contribution in [0.3, 0.4) is 0 Å². The van der Waals surface area contributed by atoms with E-state index in [1.165, 1.54) is 11.8 Å². The molecular weight excluding hydrogens is 288 g/mol. The Balaban J connectivity index is 1.72. The molecule has 1 aromatic carbocycles. The highest BCUT2D eigenvalue weighted by molar-refractivity contribution is 8.04. The zero-order valence-corrected chi connectivity index (χ0v) is 12.2. The van der Waals surface area contributed by atoms with E-state index in [2.05, 4.69) is 10.6 Å². The Labute approximate surface area is 126 Å². The number of carbonyl (C=O) groups excluding carboxylic acids is 1. The zero-order chi connectivity index (χ0) is 13.9. The molecule has 0 spiro atoms. The highest BCUT2D eigenvalue weighted by atomic mass is 32.2. The van der Waals surface area contributed by atoms with E-state index in [0.29, 0.717) is 4.91 Å².